The Hall–Kier alpha value is -3.22. The zero-order chi connectivity index (χ0) is 18.5. The molecule has 2 amide bonds. The van der Waals surface area contributed by atoms with Crippen LogP contribution in [0.1, 0.15) is 18.4 Å². The molecule has 0 spiro atoms. The number of benzene rings is 1. The lowest BCUT2D eigenvalue weighted by molar-refractivity contribution is 0.0777. The number of carbonyl (C=O) groups is 1. The topological polar surface area (TPSA) is 89.2 Å². The number of rotatable bonds is 3. The highest BCUT2D eigenvalue weighted by Crippen LogP contribution is 2.25. The number of nitrogens with zero attached hydrogens (tertiary/aromatic N) is 2. The molecule has 7 nitrogen and oxygen atoms in total. The van der Waals surface area contributed by atoms with E-state index in [0.717, 1.165) is 16.8 Å². The number of hydrogen-bond acceptors (Lipinski definition) is 5. The third kappa shape index (κ3) is 3.88. The van der Waals surface area contributed by atoms with Crippen LogP contribution in [0.3, 0.4) is 0 Å². The van der Waals surface area contributed by atoms with Crippen LogP contribution in [-0.2, 0) is 9.47 Å². The Bertz CT molecular complexity index is 794. The number of hydrazone groups is 1. The van der Waals surface area contributed by atoms with E-state index in [-0.39, 0.29) is 12.8 Å². The van der Waals surface area contributed by atoms with Crippen molar-refractivity contribution in [3.05, 3.63) is 65.7 Å². The van der Waals surface area contributed by atoms with E-state index in [0.29, 0.717) is 36.6 Å². The summed E-state index contributed by atoms with van der Waals surface area (Å²) in [6.07, 6.45) is 4.84. The molecule has 7 heteroatoms. The van der Waals surface area contributed by atoms with Gasteiger partial charge in [-0.3, -0.25) is 0 Å². The Morgan fingerprint density at radius 2 is 2.04 bits per heavy atom. The Morgan fingerprint density at radius 3 is 2.73 bits per heavy atom. The normalized spacial score (nSPS) is 18.7. The van der Waals surface area contributed by atoms with E-state index in [1.165, 1.54) is 5.01 Å². The van der Waals surface area contributed by atoms with Crippen molar-refractivity contribution in [1.29, 1.82) is 0 Å². The van der Waals surface area contributed by atoms with Crippen LogP contribution in [0.5, 0.6) is 0 Å². The number of nitrogen functional groups attached to an aromatic ring is 1. The summed E-state index contributed by atoms with van der Waals surface area (Å²) in [5.41, 5.74) is 9.26. The molecule has 1 aromatic carbocycles. The van der Waals surface area contributed by atoms with E-state index in [2.05, 4.69) is 17.0 Å². The van der Waals surface area contributed by atoms with Crippen molar-refractivity contribution in [3.63, 3.8) is 0 Å². The molecule has 3 rings (SSSR count). The van der Waals surface area contributed by atoms with Gasteiger partial charge in [0.05, 0.1) is 12.3 Å². The van der Waals surface area contributed by atoms with E-state index in [1.54, 1.807) is 13.1 Å². The lowest BCUT2D eigenvalue weighted by Crippen LogP contribution is -2.35. The second-order valence-electron chi connectivity index (χ2n) is 5.92. The highest BCUT2D eigenvalue weighted by atomic mass is 16.7. The van der Waals surface area contributed by atoms with Crippen LogP contribution in [0.2, 0.25) is 0 Å². The first-order valence-corrected chi connectivity index (χ1v) is 8.35. The lowest BCUT2D eigenvalue weighted by atomic mass is 9.99. The van der Waals surface area contributed by atoms with Crippen molar-refractivity contribution in [2.24, 2.45) is 5.10 Å². The van der Waals surface area contributed by atoms with Crippen LogP contribution in [0.25, 0.3) is 0 Å². The van der Waals surface area contributed by atoms with Crippen molar-refractivity contribution < 1.29 is 14.3 Å². The van der Waals surface area contributed by atoms with Crippen molar-refractivity contribution in [2.45, 2.75) is 12.8 Å². The first kappa shape index (κ1) is 17.6. The van der Waals surface area contributed by atoms with Gasteiger partial charge in [0.1, 0.15) is 0 Å². The van der Waals surface area contributed by atoms with Crippen molar-refractivity contribution in [1.82, 2.24) is 10.3 Å². The van der Waals surface area contributed by atoms with Gasteiger partial charge in [-0.25, -0.2) is 9.80 Å². The molecule has 2 heterocycles. The molecule has 2 aliphatic rings. The standard InChI is InChI=1S/C19H22N4O3/c1-3-17-18(26-12-25-17)11-13-8-9-23(19(24)21-2)22-16(10-13)14-4-6-15(20)7-5-14/h3-7,11H,1,8-10,12,20H2,2H3,(H,21,24)/b13-11-. The van der Waals surface area contributed by atoms with Gasteiger partial charge < -0.3 is 20.5 Å². The highest BCUT2D eigenvalue weighted by Gasteiger charge is 2.21. The summed E-state index contributed by atoms with van der Waals surface area (Å²) >= 11 is 0. The minimum Gasteiger partial charge on any atom is -0.454 e. The Morgan fingerprint density at radius 1 is 1.31 bits per heavy atom. The zero-order valence-corrected chi connectivity index (χ0v) is 14.7. The van der Waals surface area contributed by atoms with Gasteiger partial charge in [-0.2, -0.15) is 5.10 Å². The molecular weight excluding hydrogens is 332 g/mol. The number of allylic oxidation sites excluding steroid dienone is 2. The Kier molecular flexibility index (Phi) is 5.26. The number of ether oxygens (including phenoxy) is 2. The molecule has 2 aliphatic heterocycles. The number of carbonyl (C=O) groups excluding carboxylic acids is 1. The average molecular weight is 354 g/mol. The van der Waals surface area contributed by atoms with E-state index in [1.807, 2.05) is 30.3 Å². The zero-order valence-electron chi connectivity index (χ0n) is 14.7. The van der Waals surface area contributed by atoms with Crippen molar-refractivity contribution in [2.75, 3.05) is 26.1 Å². The second kappa shape index (κ2) is 7.77. The molecule has 0 aromatic heterocycles. The second-order valence-corrected chi connectivity index (χ2v) is 5.92. The number of nitrogens with two attached hydrogens (primary N) is 1. The summed E-state index contributed by atoms with van der Waals surface area (Å²) in [6.45, 7) is 4.39. The third-order valence-electron chi connectivity index (χ3n) is 4.17. The number of nitrogens with one attached hydrogen (secondary N) is 1. The number of hydrogen-bond donors (Lipinski definition) is 2. The van der Waals surface area contributed by atoms with E-state index < -0.39 is 0 Å². The number of urea groups is 1. The molecule has 3 N–H and O–H groups in total. The molecule has 0 saturated heterocycles. The fraction of sp³-hybridized carbons (Fsp3) is 0.263. The van der Waals surface area contributed by atoms with Crippen molar-refractivity contribution in [3.8, 4) is 0 Å². The summed E-state index contributed by atoms with van der Waals surface area (Å²) in [7, 11) is 1.59. The summed E-state index contributed by atoms with van der Waals surface area (Å²) in [4.78, 5) is 12.1. The van der Waals surface area contributed by atoms with Crippen LogP contribution >= 0.6 is 0 Å². The average Bonchev–Trinajstić information content (AvgIpc) is 2.99. The molecule has 0 unspecified atom stereocenters. The van der Waals surface area contributed by atoms with E-state index in [9.17, 15) is 4.79 Å². The maximum absolute atomic E-state index is 12.1. The molecule has 0 radical (unpaired) electrons. The number of amides is 2. The van der Waals surface area contributed by atoms with Gasteiger partial charge in [0.2, 0.25) is 6.79 Å². The molecule has 1 aromatic rings. The van der Waals surface area contributed by atoms with Crippen LogP contribution < -0.4 is 11.1 Å². The fourth-order valence-corrected chi connectivity index (χ4v) is 2.77. The first-order chi connectivity index (χ1) is 12.6. The first-order valence-electron chi connectivity index (χ1n) is 8.35. The summed E-state index contributed by atoms with van der Waals surface area (Å²) < 4.78 is 10.9. The van der Waals surface area contributed by atoms with Gasteiger partial charge in [-0.05, 0) is 36.3 Å². The van der Waals surface area contributed by atoms with Crippen LogP contribution in [-0.4, -0.2) is 37.1 Å². The molecule has 136 valence electrons. The SMILES string of the molecule is C=CC1=C(/C=C2/CCN(C(=O)NC)N=C(c3ccc(N)cc3)C2)OCO1. The third-order valence-corrected chi connectivity index (χ3v) is 4.17. The van der Waals surface area contributed by atoms with Crippen LogP contribution in [0, 0.1) is 0 Å². The summed E-state index contributed by atoms with van der Waals surface area (Å²) in [6, 6.07) is 7.21. The van der Waals surface area contributed by atoms with Gasteiger partial charge in [-0.15, -0.1) is 0 Å². The summed E-state index contributed by atoms with van der Waals surface area (Å²) in [5.74, 6) is 1.27. The maximum Gasteiger partial charge on any atom is 0.337 e. The van der Waals surface area contributed by atoms with E-state index in [4.69, 9.17) is 15.2 Å². The largest absolute Gasteiger partial charge is 0.454 e. The molecule has 0 aliphatic carbocycles. The maximum atomic E-state index is 12.1. The van der Waals surface area contributed by atoms with E-state index >= 15 is 0 Å². The minimum absolute atomic E-state index is 0.184. The van der Waals surface area contributed by atoms with Gasteiger partial charge >= 0.3 is 6.03 Å². The monoisotopic (exact) mass is 354 g/mol. The fourth-order valence-electron chi connectivity index (χ4n) is 2.77. The minimum atomic E-state index is -0.245. The van der Waals surface area contributed by atoms with Gasteiger partial charge in [0.15, 0.2) is 11.5 Å². The Balaban J connectivity index is 1.94. The molecule has 26 heavy (non-hydrogen) atoms. The number of anilines is 1. The highest BCUT2D eigenvalue weighted by molar-refractivity contribution is 6.02. The Labute approximate surface area is 152 Å². The summed E-state index contributed by atoms with van der Waals surface area (Å²) in [5, 5.41) is 8.62. The molecule has 0 atom stereocenters. The lowest BCUT2D eigenvalue weighted by Gasteiger charge is -2.15. The quantitative estimate of drug-likeness (QED) is 0.817. The van der Waals surface area contributed by atoms with Gasteiger partial charge in [-0.1, -0.05) is 24.3 Å². The van der Waals surface area contributed by atoms with Gasteiger partial charge in [0, 0.05) is 19.2 Å². The smallest absolute Gasteiger partial charge is 0.337 e. The van der Waals surface area contributed by atoms with Crippen molar-refractivity contribution >= 4 is 17.4 Å². The molecular formula is C19H22N4O3. The van der Waals surface area contributed by atoms with Gasteiger partial charge in [0.25, 0.3) is 0 Å². The molecule has 0 fully saturated rings. The van der Waals surface area contributed by atoms with Crippen LogP contribution in [0.15, 0.2) is 65.2 Å². The molecule has 0 saturated carbocycles. The molecule has 0 bridgehead atoms. The predicted octanol–water partition coefficient (Wildman–Crippen LogP) is 2.74. The van der Waals surface area contributed by atoms with Crippen LogP contribution in [0.4, 0.5) is 10.5 Å². The predicted molar refractivity (Wildman–Crippen MR) is 100 cm³/mol.